The second-order valence-electron chi connectivity index (χ2n) is 6.16. The van der Waals surface area contributed by atoms with E-state index in [1.165, 1.54) is 10.4 Å². The van der Waals surface area contributed by atoms with Gasteiger partial charge in [-0.05, 0) is 11.6 Å². The number of carbonyl (C=O) groups excluding carboxylic acids is 1. The molecular weight excluding hydrogens is 332 g/mol. The molecule has 0 radical (unpaired) electrons. The molecule has 1 fully saturated rings. The average Bonchev–Trinajstić information content (AvgIpc) is 3.34. The quantitative estimate of drug-likeness (QED) is 0.785. The monoisotopic (exact) mass is 352 g/mol. The van der Waals surface area contributed by atoms with Gasteiger partial charge in [0, 0.05) is 55.3 Å². The van der Waals surface area contributed by atoms with Gasteiger partial charge in [-0.1, -0.05) is 30.3 Å². The van der Waals surface area contributed by atoms with E-state index in [1.54, 1.807) is 17.5 Å². The number of thiophene rings is 1. The topological polar surface area (TPSA) is 52.2 Å². The van der Waals surface area contributed by atoms with Crippen LogP contribution < -0.4 is 4.90 Å². The van der Waals surface area contributed by atoms with Crippen molar-refractivity contribution in [1.29, 1.82) is 0 Å². The van der Waals surface area contributed by atoms with Crippen molar-refractivity contribution in [3.05, 3.63) is 70.2 Å². The van der Waals surface area contributed by atoms with Crippen molar-refractivity contribution >= 4 is 23.2 Å². The minimum absolute atomic E-state index is 0.134. The van der Waals surface area contributed by atoms with E-state index in [0.29, 0.717) is 0 Å². The van der Waals surface area contributed by atoms with Gasteiger partial charge in [0.05, 0.1) is 5.56 Å². The smallest absolute Gasteiger partial charge is 0.254 e. The van der Waals surface area contributed by atoms with Crippen molar-refractivity contribution < 1.29 is 4.79 Å². The zero-order valence-electron chi connectivity index (χ0n) is 13.9. The fourth-order valence-corrected chi connectivity index (χ4v) is 4.01. The van der Waals surface area contributed by atoms with Crippen LogP contribution in [0.3, 0.4) is 0 Å². The number of H-pyrrole nitrogens is 1. The first kappa shape index (κ1) is 15.9. The molecule has 3 heterocycles. The molecule has 1 amide bonds. The number of imidazole rings is 1. The average molecular weight is 352 g/mol. The Morgan fingerprint density at radius 2 is 1.96 bits per heavy atom. The van der Waals surface area contributed by atoms with Gasteiger partial charge in [-0.15, -0.1) is 11.3 Å². The Labute approximate surface area is 150 Å². The van der Waals surface area contributed by atoms with Gasteiger partial charge in [-0.3, -0.25) is 4.79 Å². The molecule has 2 aromatic heterocycles. The highest BCUT2D eigenvalue weighted by atomic mass is 32.1. The number of benzene rings is 1. The zero-order valence-corrected chi connectivity index (χ0v) is 14.7. The number of hydrogen-bond donors (Lipinski definition) is 1. The second-order valence-corrected chi connectivity index (χ2v) is 7.15. The van der Waals surface area contributed by atoms with Gasteiger partial charge in [-0.2, -0.15) is 0 Å². The minimum atomic E-state index is 0.134. The standard InChI is InChI=1S/C19H20N4OS/c24-18(22-8-10-23(11-9-22)19-20-6-7-21-19)16-13-17(25-14-16)12-15-4-2-1-3-5-15/h1-7,13-14H,8-12H2,(H,20,21). The van der Waals surface area contributed by atoms with Gasteiger partial charge in [0.1, 0.15) is 0 Å². The van der Waals surface area contributed by atoms with E-state index in [0.717, 1.165) is 44.1 Å². The number of rotatable bonds is 4. The molecule has 1 aliphatic heterocycles. The van der Waals surface area contributed by atoms with Gasteiger partial charge < -0.3 is 14.8 Å². The molecule has 1 saturated heterocycles. The summed E-state index contributed by atoms with van der Waals surface area (Å²) >= 11 is 1.66. The third-order valence-corrected chi connectivity index (χ3v) is 5.41. The Balaban J connectivity index is 1.37. The van der Waals surface area contributed by atoms with E-state index in [9.17, 15) is 4.79 Å². The molecule has 0 atom stereocenters. The van der Waals surface area contributed by atoms with Crippen LogP contribution in [-0.4, -0.2) is 47.0 Å². The van der Waals surface area contributed by atoms with Gasteiger partial charge in [0.15, 0.2) is 0 Å². The SMILES string of the molecule is O=C(c1csc(Cc2ccccc2)c1)N1CCN(c2ncc[nH]2)CC1. The van der Waals surface area contributed by atoms with Gasteiger partial charge >= 0.3 is 0 Å². The summed E-state index contributed by atoms with van der Waals surface area (Å²) in [5.74, 6) is 1.02. The maximum absolute atomic E-state index is 12.7. The highest BCUT2D eigenvalue weighted by Crippen LogP contribution is 2.21. The summed E-state index contributed by atoms with van der Waals surface area (Å²) in [6.45, 7) is 3.06. The maximum Gasteiger partial charge on any atom is 0.254 e. The number of carbonyl (C=O) groups is 1. The molecule has 0 spiro atoms. The molecule has 4 rings (SSSR count). The molecule has 1 N–H and O–H groups in total. The first-order valence-electron chi connectivity index (χ1n) is 8.44. The second kappa shape index (κ2) is 7.11. The molecule has 0 saturated carbocycles. The number of nitrogens with zero attached hydrogens (tertiary/aromatic N) is 3. The van der Waals surface area contributed by atoms with Crippen LogP contribution in [0.2, 0.25) is 0 Å². The molecule has 1 aromatic carbocycles. The predicted octanol–water partition coefficient (Wildman–Crippen LogP) is 3.02. The van der Waals surface area contributed by atoms with E-state index >= 15 is 0 Å². The van der Waals surface area contributed by atoms with Crippen molar-refractivity contribution in [2.45, 2.75) is 6.42 Å². The van der Waals surface area contributed by atoms with Crippen LogP contribution in [-0.2, 0) is 6.42 Å². The molecular formula is C19H20N4OS. The maximum atomic E-state index is 12.7. The molecule has 6 heteroatoms. The van der Waals surface area contributed by atoms with Crippen LogP contribution in [0.25, 0.3) is 0 Å². The predicted molar refractivity (Wildman–Crippen MR) is 100 cm³/mol. The van der Waals surface area contributed by atoms with Crippen LogP contribution in [0.4, 0.5) is 5.95 Å². The number of nitrogens with one attached hydrogen (secondary N) is 1. The lowest BCUT2D eigenvalue weighted by molar-refractivity contribution is 0.0747. The Morgan fingerprint density at radius 1 is 1.16 bits per heavy atom. The number of aromatic amines is 1. The number of hydrogen-bond acceptors (Lipinski definition) is 4. The summed E-state index contributed by atoms with van der Waals surface area (Å²) in [6.07, 6.45) is 4.46. The highest BCUT2D eigenvalue weighted by molar-refractivity contribution is 7.10. The van der Waals surface area contributed by atoms with Crippen molar-refractivity contribution in [2.75, 3.05) is 31.1 Å². The lowest BCUT2D eigenvalue weighted by Gasteiger charge is -2.34. The molecule has 25 heavy (non-hydrogen) atoms. The third-order valence-electron chi connectivity index (χ3n) is 4.47. The lowest BCUT2D eigenvalue weighted by Crippen LogP contribution is -2.49. The molecule has 128 valence electrons. The summed E-state index contributed by atoms with van der Waals surface area (Å²) in [5, 5.41) is 1.99. The molecule has 0 bridgehead atoms. The number of amides is 1. The van der Waals surface area contributed by atoms with Crippen LogP contribution in [0.5, 0.6) is 0 Å². The third kappa shape index (κ3) is 3.58. The normalized spacial score (nSPS) is 14.7. The highest BCUT2D eigenvalue weighted by Gasteiger charge is 2.23. The van der Waals surface area contributed by atoms with Crippen LogP contribution in [0.1, 0.15) is 20.8 Å². The van der Waals surface area contributed by atoms with Gasteiger partial charge in [0.25, 0.3) is 5.91 Å². The van der Waals surface area contributed by atoms with E-state index < -0.39 is 0 Å². The summed E-state index contributed by atoms with van der Waals surface area (Å²) in [7, 11) is 0. The van der Waals surface area contributed by atoms with Crippen LogP contribution >= 0.6 is 11.3 Å². The van der Waals surface area contributed by atoms with Crippen molar-refractivity contribution in [2.24, 2.45) is 0 Å². The minimum Gasteiger partial charge on any atom is -0.339 e. The first-order valence-corrected chi connectivity index (χ1v) is 9.32. The fraction of sp³-hybridized carbons (Fsp3) is 0.263. The lowest BCUT2D eigenvalue weighted by atomic mass is 10.1. The summed E-state index contributed by atoms with van der Waals surface area (Å²) in [5.41, 5.74) is 2.08. The van der Waals surface area contributed by atoms with Crippen LogP contribution in [0.15, 0.2) is 54.2 Å². The Hall–Kier alpha value is -2.60. The van der Waals surface area contributed by atoms with E-state index in [4.69, 9.17) is 0 Å². The van der Waals surface area contributed by atoms with Crippen molar-refractivity contribution in [3.8, 4) is 0 Å². The van der Waals surface area contributed by atoms with E-state index in [2.05, 4.69) is 27.0 Å². The number of piperazine rings is 1. The van der Waals surface area contributed by atoms with E-state index in [1.807, 2.05) is 40.7 Å². The zero-order chi connectivity index (χ0) is 17.1. The van der Waals surface area contributed by atoms with Gasteiger partial charge in [0.2, 0.25) is 5.95 Å². The fourth-order valence-electron chi connectivity index (χ4n) is 3.12. The Bertz CT molecular complexity index is 820. The summed E-state index contributed by atoms with van der Waals surface area (Å²) < 4.78 is 0. The molecule has 0 unspecified atom stereocenters. The molecule has 1 aliphatic rings. The largest absolute Gasteiger partial charge is 0.339 e. The van der Waals surface area contributed by atoms with Gasteiger partial charge in [-0.25, -0.2) is 4.98 Å². The first-order chi connectivity index (χ1) is 12.3. The Kier molecular flexibility index (Phi) is 4.52. The Morgan fingerprint density at radius 3 is 2.68 bits per heavy atom. The molecule has 3 aromatic rings. The molecule has 0 aliphatic carbocycles. The summed E-state index contributed by atoms with van der Waals surface area (Å²) in [4.78, 5) is 25.5. The van der Waals surface area contributed by atoms with Crippen LogP contribution in [0, 0.1) is 0 Å². The molecule has 5 nitrogen and oxygen atoms in total. The number of aromatic nitrogens is 2. The summed E-state index contributed by atoms with van der Waals surface area (Å²) in [6, 6.07) is 12.4. The number of anilines is 1. The van der Waals surface area contributed by atoms with E-state index in [-0.39, 0.29) is 5.91 Å². The van der Waals surface area contributed by atoms with Crippen molar-refractivity contribution in [3.63, 3.8) is 0 Å². The van der Waals surface area contributed by atoms with Crippen molar-refractivity contribution in [1.82, 2.24) is 14.9 Å².